The van der Waals surface area contributed by atoms with Crippen molar-refractivity contribution in [1.82, 2.24) is 10.2 Å². The van der Waals surface area contributed by atoms with Crippen molar-refractivity contribution in [2.45, 2.75) is 30.7 Å². The van der Waals surface area contributed by atoms with Gasteiger partial charge in [-0.15, -0.1) is 0 Å². The van der Waals surface area contributed by atoms with Crippen LogP contribution in [0.3, 0.4) is 0 Å². The van der Waals surface area contributed by atoms with Crippen LogP contribution in [0.25, 0.3) is 0 Å². The average Bonchev–Trinajstić information content (AvgIpc) is 2.88. The highest BCUT2D eigenvalue weighted by Crippen LogP contribution is 2.45. The molecule has 0 aliphatic carbocycles. The van der Waals surface area contributed by atoms with Gasteiger partial charge in [0.2, 0.25) is 0 Å². The Morgan fingerprint density at radius 3 is 2.67 bits per heavy atom. The highest BCUT2D eigenvalue weighted by atomic mass is 16.6. The van der Waals surface area contributed by atoms with Gasteiger partial charge in [0.05, 0.1) is 6.04 Å². The second kappa shape index (κ2) is 3.56. The number of hydrogen-bond acceptors (Lipinski definition) is 3. The topological polar surface area (TPSA) is 41.6 Å². The van der Waals surface area contributed by atoms with Crippen molar-refractivity contribution in [3.63, 3.8) is 0 Å². The second-order valence-corrected chi connectivity index (χ2v) is 5.39. The van der Waals surface area contributed by atoms with Crippen molar-refractivity contribution >= 4 is 5.91 Å². The van der Waals surface area contributed by atoms with Crippen LogP contribution in [-0.2, 0) is 9.53 Å². The summed E-state index contributed by atoms with van der Waals surface area (Å²) in [4.78, 5) is 14.5. The molecule has 4 rings (SSSR count). The van der Waals surface area contributed by atoms with E-state index in [0.717, 1.165) is 12.8 Å². The number of carbonyl (C=O) groups is 1. The molecule has 1 aromatic carbocycles. The third-order valence-electron chi connectivity index (χ3n) is 4.32. The van der Waals surface area contributed by atoms with E-state index < -0.39 is 5.60 Å². The number of benzene rings is 1. The fraction of sp³-hybridized carbons (Fsp3) is 0.500. The first-order valence-electron chi connectivity index (χ1n) is 6.56. The van der Waals surface area contributed by atoms with Crippen molar-refractivity contribution in [2.75, 3.05) is 13.1 Å². The Labute approximate surface area is 106 Å². The van der Waals surface area contributed by atoms with E-state index in [2.05, 4.69) is 17.4 Å². The standard InChI is InChI=1S/C14H16N2O2/c17-13-14(8-15-9-14)18-12-7-6-11(16(12)13)10-4-2-1-3-5-10/h1-5,11-12,15H,6-9H2. The summed E-state index contributed by atoms with van der Waals surface area (Å²) in [5.74, 6) is 0.178. The van der Waals surface area contributed by atoms with Gasteiger partial charge in [-0.3, -0.25) is 4.79 Å². The largest absolute Gasteiger partial charge is 0.339 e. The van der Waals surface area contributed by atoms with Crippen LogP contribution in [0.2, 0.25) is 0 Å². The average molecular weight is 244 g/mol. The van der Waals surface area contributed by atoms with Crippen LogP contribution in [0.5, 0.6) is 0 Å². The zero-order valence-corrected chi connectivity index (χ0v) is 10.1. The Bertz CT molecular complexity index is 484. The molecule has 0 aromatic heterocycles. The first-order chi connectivity index (χ1) is 8.80. The molecule has 4 heteroatoms. The number of amides is 1. The maximum atomic E-state index is 12.5. The van der Waals surface area contributed by atoms with E-state index in [1.54, 1.807) is 0 Å². The molecular formula is C14H16N2O2. The van der Waals surface area contributed by atoms with Crippen LogP contribution >= 0.6 is 0 Å². The van der Waals surface area contributed by atoms with Gasteiger partial charge in [-0.2, -0.15) is 0 Å². The highest BCUT2D eigenvalue weighted by molar-refractivity contribution is 5.89. The molecule has 3 aliphatic heterocycles. The normalized spacial score (nSPS) is 32.7. The lowest BCUT2D eigenvalue weighted by atomic mass is 9.94. The minimum atomic E-state index is -0.544. The number of ether oxygens (including phenoxy) is 1. The number of fused-ring (bicyclic) bond motifs is 1. The van der Waals surface area contributed by atoms with Gasteiger partial charge in [0.15, 0.2) is 5.60 Å². The van der Waals surface area contributed by atoms with Crippen LogP contribution in [0.15, 0.2) is 30.3 Å². The Balaban J connectivity index is 1.67. The lowest BCUT2D eigenvalue weighted by molar-refractivity contribution is -0.143. The number of nitrogens with one attached hydrogen (secondary N) is 1. The lowest BCUT2D eigenvalue weighted by Crippen LogP contribution is -2.64. The van der Waals surface area contributed by atoms with Crippen LogP contribution in [0.4, 0.5) is 0 Å². The summed E-state index contributed by atoms with van der Waals surface area (Å²) in [5, 5.41) is 3.15. The Morgan fingerprint density at radius 2 is 2.00 bits per heavy atom. The third kappa shape index (κ3) is 1.25. The molecule has 0 radical (unpaired) electrons. The maximum absolute atomic E-state index is 12.5. The number of nitrogens with zero attached hydrogens (tertiary/aromatic N) is 1. The molecule has 3 fully saturated rings. The van der Waals surface area contributed by atoms with Gasteiger partial charge in [-0.25, -0.2) is 0 Å². The molecule has 2 atom stereocenters. The summed E-state index contributed by atoms with van der Waals surface area (Å²) < 4.78 is 5.99. The van der Waals surface area contributed by atoms with E-state index in [1.165, 1.54) is 5.56 Å². The summed E-state index contributed by atoms with van der Waals surface area (Å²) in [7, 11) is 0. The molecule has 0 bridgehead atoms. The van der Waals surface area contributed by atoms with Gasteiger partial charge in [-0.1, -0.05) is 30.3 Å². The van der Waals surface area contributed by atoms with E-state index >= 15 is 0 Å². The smallest absolute Gasteiger partial charge is 0.260 e. The molecule has 18 heavy (non-hydrogen) atoms. The highest BCUT2D eigenvalue weighted by Gasteiger charge is 2.60. The Kier molecular flexibility index (Phi) is 2.08. The molecule has 3 aliphatic rings. The van der Waals surface area contributed by atoms with E-state index in [9.17, 15) is 4.79 Å². The molecule has 1 spiro atoms. The third-order valence-corrected chi connectivity index (χ3v) is 4.32. The van der Waals surface area contributed by atoms with Crippen LogP contribution < -0.4 is 5.32 Å². The molecule has 1 N–H and O–H groups in total. The predicted octanol–water partition coefficient (Wildman–Crippen LogP) is 1.05. The second-order valence-electron chi connectivity index (χ2n) is 5.39. The van der Waals surface area contributed by atoms with Crippen molar-refractivity contribution in [3.05, 3.63) is 35.9 Å². The van der Waals surface area contributed by atoms with Crippen LogP contribution in [0, 0.1) is 0 Å². The maximum Gasteiger partial charge on any atom is 0.260 e. The first-order valence-corrected chi connectivity index (χ1v) is 6.56. The molecule has 1 aromatic rings. The van der Waals surface area contributed by atoms with Crippen LogP contribution in [0.1, 0.15) is 24.4 Å². The summed E-state index contributed by atoms with van der Waals surface area (Å²) >= 11 is 0. The molecule has 2 unspecified atom stereocenters. The Hall–Kier alpha value is -1.39. The number of rotatable bonds is 1. The predicted molar refractivity (Wildman–Crippen MR) is 65.7 cm³/mol. The van der Waals surface area contributed by atoms with Crippen molar-refractivity contribution < 1.29 is 9.53 Å². The lowest BCUT2D eigenvalue weighted by Gasteiger charge is -2.36. The fourth-order valence-corrected chi connectivity index (χ4v) is 3.30. The number of carbonyl (C=O) groups excluding carboxylic acids is 1. The van der Waals surface area contributed by atoms with Gasteiger partial charge < -0.3 is 15.0 Å². The molecule has 0 saturated carbocycles. The molecule has 1 amide bonds. The molecule has 3 heterocycles. The van der Waals surface area contributed by atoms with Gasteiger partial charge in [-0.05, 0) is 18.4 Å². The quantitative estimate of drug-likeness (QED) is 0.803. The molecule has 4 nitrogen and oxygen atoms in total. The summed E-state index contributed by atoms with van der Waals surface area (Å²) in [6.07, 6.45) is 1.95. The minimum Gasteiger partial charge on any atom is -0.339 e. The summed E-state index contributed by atoms with van der Waals surface area (Å²) in [6.45, 7) is 1.33. The van der Waals surface area contributed by atoms with E-state index in [0.29, 0.717) is 13.1 Å². The van der Waals surface area contributed by atoms with Crippen molar-refractivity contribution in [3.8, 4) is 0 Å². The van der Waals surface area contributed by atoms with Gasteiger partial charge >= 0.3 is 0 Å². The van der Waals surface area contributed by atoms with E-state index in [-0.39, 0.29) is 18.2 Å². The first kappa shape index (κ1) is 10.5. The summed E-state index contributed by atoms with van der Waals surface area (Å²) in [6, 6.07) is 10.5. The van der Waals surface area contributed by atoms with Gasteiger partial charge in [0, 0.05) is 13.1 Å². The Morgan fingerprint density at radius 1 is 1.22 bits per heavy atom. The summed E-state index contributed by atoms with van der Waals surface area (Å²) in [5.41, 5.74) is 0.680. The van der Waals surface area contributed by atoms with E-state index in [1.807, 2.05) is 23.1 Å². The van der Waals surface area contributed by atoms with Crippen LogP contribution in [-0.4, -0.2) is 35.7 Å². The monoisotopic (exact) mass is 244 g/mol. The fourth-order valence-electron chi connectivity index (χ4n) is 3.30. The molecule has 94 valence electrons. The molecular weight excluding hydrogens is 228 g/mol. The number of hydrogen-bond donors (Lipinski definition) is 1. The van der Waals surface area contributed by atoms with Gasteiger partial charge in [0.25, 0.3) is 5.91 Å². The SMILES string of the molecule is O=C1N2C(CCC2c2ccccc2)OC12CNC2. The minimum absolute atomic E-state index is 0.00944. The molecule has 3 saturated heterocycles. The van der Waals surface area contributed by atoms with Gasteiger partial charge in [0.1, 0.15) is 6.23 Å². The van der Waals surface area contributed by atoms with E-state index in [4.69, 9.17) is 4.74 Å². The zero-order chi connectivity index (χ0) is 12.2. The van der Waals surface area contributed by atoms with Crippen molar-refractivity contribution in [1.29, 1.82) is 0 Å². The van der Waals surface area contributed by atoms with Crippen molar-refractivity contribution in [2.24, 2.45) is 0 Å². The zero-order valence-electron chi connectivity index (χ0n) is 10.1.